The molecule has 0 spiro atoms. The molecule has 4 aromatic rings. The highest BCUT2D eigenvalue weighted by Crippen LogP contribution is 2.36. The Labute approximate surface area is 206 Å². The van der Waals surface area contributed by atoms with Crippen LogP contribution in [0.25, 0.3) is 17.1 Å². The molecule has 0 amide bonds. The minimum absolute atomic E-state index is 0.0773. The molecule has 1 aliphatic rings. The lowest BCUT2D eigenvalue weighted by Crippen LogP contribution is -2.07. The average Bonchev–Trinajstić information content (AvgIpc) is 3.55. The lowest BCUT2D eigenvalue weighted by molar-refractivity contribution is 0.142. The number of hydrogen-bond acceptors (Lipinski definition) is 6. The van der Waals surface area contributed by atoms with Gasteiger partial charge in [-0.05, 0) is 38.3 Å². The van der Waals surface area contributed by atoms with Gasteiger partial charge >= 0.3 is 0 Å². The number of aromatic nitrogens is 6. The predicted molar refractivity (Wildman–Crippen MR) is 131 cm³/mol. The molecule has 0 bridgehead atoms. The molecule has 1 aromatic carbocycles. The van der Waals surface area contributed by atoms with Gasteiger partial charge in [0, 0.05) is 29.4 Å². The summed E-state index contributed by atoms with van der Waals surface area (Å²) in [6, 6.07) is 9.24. The highest BCUT2D eigenvalue weighted by molar-refractivity contribution is 6.31. The number of hydrogen-bond donors (Lipinski definition) is 2. The number of anilines is 3. The Kier molecular flexibility index (Phi) is 6.14. The second-order valence-corrected chi connectivity index (χ2v) is 9.16. The van der Waals surface area contributed by atoms with E-state index in [-0.39, 0.29) is 10.8 Å². The van der Waals surface area contributed by atoms with Gasteiger partial charge in [-0.25, -0.2) is 23.4 Å². The van der Waals surface area contributed by atoms with Crippen molar-refractivity contribution in [2.24, 2.45) is 5.92 Å². The largest absolute Gasteiger partial charge is 0.399 e. The summed E-state index contributed by atoms with van der Waals surface area (Å²) in [5.41, 5.74) is 9.43. The van der Waals surface area contributed by atoms with Crippen LogP contribution >= 0.6 is 11.6 Å². The summed E-state index contributed by atoms with van der Waals surface area (Å²) in [5.74, 6) is 1.96. The van der Waals surface area contributed by atoms with Crippen LogP contribution in [0.4, 0.5) is 26.1 Å². The van der Waals surface area contributed by atoms with E-state index in [0.29, 0.717) is 23.0 Å². The lowest BCUT2D eigenvalue weighted by Gasteiger charge is -2.09. The zero-order valence-electron chi connectivity index (χ0n) is 19.3. The van der Waals surface area contributed by atoms with Crippen molar-refractivity contribution in [2.45, 2.75) is 46.1 Å². The first-order valence-electron chi connectivity index (χ1n) is 11.4. The van der Waals surface area contributed by atoms with Crippen LogP contribution in [0.3, 0.4) is 0 Å². The topological polar surface area (TPSA) is 99.5 Å². The van der Waals surface area contributed by atoms with Crippen LogP contribution in [0.5, 0.6) is 0 Å². The maximum atomic E-state index is 13.6. The van der Waals surface area contributed by atoms with Gasteiger partial charge in [0.1, 0.15) is 17.8 Å². The molecule has 5 rings (SSSR count). The fourth-order valence-corrected chi connectivity index (χ4v) is 4.29. The zero-order valence-corrected chi connectivity index (χ0v) is 20.1. The van der Waals surface area contributed by atoms with E-state index < -0.39 is 12.1 Å². The number of benzene rings is 1. The summed E-state index contributed by atoms with van der Waals surface area (Å²) in [6.45, 7) is 4.36. The van der Waals surface area contributed by atoms with E-state index in [1.54, 1.807) is 13.0 Å². The summed E-state index contributed by atoms with van der Waals surface area (Å²) < 4.78 is 30.3. The highest BCUT2D eigenvalue weighted by Gasteiger charge is 2.25. The third-order valence-corrected chi connectivity index (χ3v) is 6.63. The van der Waals surface area contributed by atoms with Crippen molar-refractivity contribution in [1.82, 2.24) is 29.5 Å². The molecule has 3 aromatic heterocycles. The van der Waals surface area contributed by atoms with Crippen LogP contribution in [0.1, 0.15) is 42.6 Å². The van der Waals surface area contributed by atoms with Gasteiger partial charge in [0.15, 0.2) is 11.6 Å². The van der Waals surface area contributed by atoms with Gasteiger partial charge in [-0.15, -0.1) is 0 Å². The summed E-state index contributed by atoms with van der Waals surface area (Å²) in [6.07, 6.45) is 2.09. The monoisotopic (exact) mass is 498 g/mol. The third kappa shape index (κ3) is 4.70. The van der Waals surface area contributed by atoms with Crippen molar-refractivity contribution in [3.05, 3.63) is 58.6 Å². The van der Waals surface area contributed by atoms with E-state index in [0.717, 1.165) is 40.4 Å². The fraction of sp³-hybridized carbons (Fsp3) is 0.333. The fourth-order valence-electron chi connectivity index (χ4n) is 4.09. The van der Waals surface area contributed by atoms with E-state index >= 15 is 0 Å². The first-order valence-corrected chi connectivity index (χ1v) is 11.8. The Bertz CT molecular complexity index is 1360. The Morgan fingerprint density at radius 2 is 1.89 bits per heavy atom. The summed E-state index contributed by atoms with van der Waals surface area (Å²) >= 11 is 6.05. The van der Waals surface area contributed by atoms with Crippen LogP contribution in [-0.2, 0) is 6.54 Å². The number of aryl methyl sites for hydroxylation is 2. The summed E-state index contributed by atoms with van der Waals surface area (Å²) in [4.78, 5) is 8.39. The molecule has 1 saturated carbocycles. The number of nitrogens with two attached hydrogens (primary N) is 1. The lowest BCUT2D eigenvalue weighted by atomic mass is 10.1. The predicted octanol–water partition coefficient (Wildman–Crippen LogP) is 5.86. The van der Waals surface area contributed by atoms with Crippen LogP contribution < -0.4 is 11.1 Å². The number of halogens is 3. The maximum Gasteiger partial charge on any atom is 0.282 e. The average molecular weight is 499 g/mol. The first kappa shape index (κ1) is 23.2. The van der Waals surface area contributed by atoms with Crippen LogP contribution in [0.15, 0.2) is 36.7 Å². The third-order valence-electron chi connectivity index (χ3n) is 6.16. The van der Waals surface area contributed by atoms with E-state index in [1.165, 1.54) is 19.2 Å². The van der Waals surface area contributed by atoms with E-state index in [9.17, 15) is 8.78 Å². The molecule has 0 saturated heterocycles. The molecule has 0 radical (unpaired) electrons. The van der Waals surface area contributed by atoms with Gasteiger partial charge in [-0.1, -0.05) is 36.6 Å². The second-order valence-electron chi connectivity index (χ2n) is 8.78. The molecule has 182 valence electrons. The number of rotatable bonds is 8. The SMILES string of the molecule is Cc1nn(-c2cc(Nc3nn(CCC4CC4)c(-c4ccc(N)cc4)c3C)ncn2)c(C(F)F)c1Cl. The van der Waals surface area contributed by atoms with E-state index in [1.807, 2.05) is 35.9 Å². The number of alkyl halides is 2. The molecular weight excluding hydrogens is 474 g/mol. The molecule has 35 heavy (non-hydrogen) atoms. The molecule has 1 fully saturated rings. The molecule has 3 N–H and O–H groups in total. The van der Waals surface area contributed by atoms with E-state index in [2.05, 4.69) is 20.4 Å². The molecule has 1 aliphatic carbocycles. The molecular formula is C24H25ClF2N8. The van der Waals surface area contributed by atoms with Crippen molar-refractivity contribution in [1.29, 1.82) is 0 Å². The maximum absolute atomic E-state index is 13.6. The Hall–Kier alpha value is -3.53. The van der Waals surface area contributed by atoms with Crippen LogP contribution in [-0.4, -0.2) is 29.5 Å². The minimum Gasteiger partial charge on any atom is -0.399 e. The Morgan fingerprint density at radius 1 is 1.14 bits per heavy atom. The van der Waals surface area contributed by atoms with Gasteiger partial charge in [0.05, 0.1) is 16.4 Å². The van der Waals surface area contributed by atoms with Crippen molar-refractivity contribution in [3.63, 3.8) is 0 Å². The van der Waals surface area contributed by atoms with Gasteiger partial charge in [0.25, 0.3) is 6.43 Å². The van der Waals surface area contributed by atoms with Crippen LogP contribution in [0, 0.1) is 19.8 Å². The Balaban J connectivity index is 1.49. The molecule has 8 nitrogen and oxygen atoms in total. The second kappa shape index (κ2) is 9.26. The molecule has 3 heterocycles. The molecule has 0 atom stereocenters. The summed E-state index contributed by atoms with van der Waals surface area (Å²) in [7, 11) is 0. The smallest absolute Gasteiger partial charge is 0.282 e. The Morgan fingerprint density at radius 3 is 2.57 bits per heavy atom. The normalized spacial score (nSPS) is 13.5. The van der Waals surface area contributed by atoms with Gasteiger partial charge in [-0.2, -0.15) is 10.2 Å². The molecule has 0 aliphatic heterocycles. The first-order chi connectivity index (χ1) is 16.8. The van der Waals surface area contributed by atoms with Gasteiger partial charge < -0.3 is 11.1 Å². The number of nitrogen functional groups attached to an aromatic ring is 1. The van der Waals surface area contributed by atoms with Crippen molar-refractivity contribution < 1.29 is 8.78 Å². The zero-order chi connectivity index (χ0) is 24.7. The van der Waals surface area contributed by atoms with Crippen molar-refractivity contribution in [2.75, 3.05) is 11.1 Å². The number of nitrogens with zero attached hydrogens (tertiary/aromatic N) is 6. The van der Waals surface area contributed by atoms with Gasteiger partial charge in [0.2, 0.25) is 0 Å². The number of nitrogens with one attached hydrogen (secondary N) is 1. The minimum atomic E-state index is -2.80. The van der Waals surface area contributed by atoms with Crippen LogP contribution in [0.2, 0.25) is 5.02 Å². The quantitative estimate of drug-likeness (QED) is 0.295. The summed E-state index contributed by atoms with van der Waals surface area (Å²) in [5, 5.41) is 12.1. The van der Waals surface area contributed by atoms with Gasteiger partial charge in [-0.3, -0.25) is 4.68 Å². The van der Waals surface area contributed by atoms with Crippen molar-refractivity contribution in [3.8, 4) is 17.1 Å². The standard InChI is InChI=1S/C24H25ClF2N8/c1-13-21(16-5-7-17(28)8-6-16)34(10-9-15-3-4-15)33-24(13)31-18-11-19(30-12-29-18)35-22(23(26)27)20(25)14(2)32-35/h5-8,11-12,15,23H,3-4,9-10,28H2,1-2H3,(H,29,30,31,33). The van der Waals surface area contributed by atoms with Crippen molar-refractivity contribution >= 4 is 28.9 Å². The molecule has 0 unspecified atom stereocenters. The van der Waals surface area contributed by atoms with E-state index in [4.69, 9.17) is 22.4 Å². The highest BCUT2D eigenvalue weighted by atomic mass is 35.5. The molecule has 11 heteroatoms.